The Morgan fingerprint density at radius 2 is 2.26 bits per heavy atom. The molecule has 0 spiro atoms. The lowest BCUT2D eigenvalue weighted by Crippen LogP contribution is -2.62. The first kappa shape index (κ1) is 14.1. The van der Waals surface area contributed by atoms with Crippen molar-refractivity contribution >= 4 is 5.69 Å². The van der Waals surface area contributed by atoms with E-state index < -0.39 is 0 Å². The van der Waals surface area contributed by atoms with Crippen LogP contribution in [0.3, 0.4) is 0 Å². The summed E-state index contributed by atoms with van der Waals surface area (Å²) < 4.78 is 19.3. The van der Waals surface area contributed by atoms with Gasteiger partial charge in [-0.3, -0.25) is 0 Å². The van der Waals surface area contributed by atoms with E-state index in [4.69, 9.17) is 4.74 Å². The number of benzene rings is 1. The van der Waals surface area contributed by atoms with Gasteiger partial charge in [0, 0.05) is 30.7 Å². The van der Waals surface area contributed by atoms with E-state index >= 15 is 0 Å². The highest BCUT2D eigenvalue weighted by atomic mass is 19.1. The van der Waals surface area contributed by atoms with Crippen molar-refractivity contribution < 1.29 is 9.13 Å². The second kappa shape index (κ2) is 5.37. The predicted octanol–water partition coefficient (Wildman–Crippen LogP) is 2.80. The Labute approximate surface area is 114 Å². The van der Waals surface area contributed by atoms with E-state index in [1.807, 2.05) is 0 Å². The highest BCUT2D eigenvalue weighted by Crippen LogP contribution is 2.30. The van der Waals surface area contributed by atoms with Gasteiger partial charge in [0.25, 0.3) is 0 Å². The Balaban J connectivity index is 2.33. The molecule has 1 aliphatic rings. The maximum Gasteiger partial charge on any atom is 0.146 e. The summed E-state index contributed by atoms with van der Waals surface area (Å²) in [6, 6.07) is 5.19. The van der Waals surface area contributed by atoms with Gasteiger partial charge in [-0.1, -0.05) is 6.92 Å². The van der Waals surface area contributed by atoms with Gasteiger partial charge < -0.3 is 15.0 Å². The third-order valence-corrected chi connectivity index (χ3v) is 4.12. The monoisotopic (exact) mass is 266 g/mol. The van der Waals surface area contributed by atoms with Crippen molar-refractivity contribution in [2.45, 2.75) is 38.8 Å². The molecular weight excluding hydrogens is 243 g/mol. The first-order valence-electron chi connectivity index (χ1n) is 6.84. The van der Waals surface area contributed by atoms with Crippen LogP contribution in [0.2, 0.25) is 0 Å². The lowest BCUT2D eigenvalue weighted by molar-refractivity contribution is 0.284. The van der Waals surface area contributed by atoms with Crippen LogP contribution in [0.4, 0.5) is 10.1 Å². The molecule has 2 atom stereocenters. The van der Waals surface area contributed by atoms with Crippen LogP contribution in [0.25, 0.3) is 0 Å². The average Bonchev–Trinajstić information content (AvgIpc) is 2.43. The highest BCUT2D eigenvalue weighted by molar-refractivity contribution is 5.53. The number of nitrogens with zero attached hydrogens (tertiary/aromatic N) is 1. The number of anilines is 1. The third kappa shape index (κ3) is 2.84. The maximum absolute atomic E-state index is 14.1. The number of nitrogens with one attached hydrogen (secondary N) is 1. The predicted molar refractivity (Wildman–Crippen MR) is 76.5 cm³/mol. The van der Waals surface area contributed by atoms with E-state index in [0.29, 0.717) is 11.4 Å². The summed E-state index contributed by atoms with van der Waals surface area (Å²) in [7, 11) is 1.61. The van der Waals surface area contributed by atoms with Crippen molar-refractivity contribution in [1.82, 2.24) is 5.32 Å². The number of piperazine rings is 1. The van der Waals surface area contributed by atoms with E-state index in [2.05, 4.69) is 31.0 Å². The van der Waals surface area contributed by atoms with E-state index in [-0.39, 0.29) is 17.4 Å². The van der Waals surface area contributed by atoms with Gasteiger partial charge in [-0.2, -0.15) is 0 Å². The minimum Gasteiger partial charge on any atom is -0.497 e. The fraction of sp³-hybridized carbons (Fsp3) is 0.600. The Hall–Kier alpha value is -1.29. The van der Waals surface area contributed by atoms with Crippen LogP contribution in [0.5, 0.6) is 5.75 Å². The molecule has 0 aliphatic carbocycles. The molecular formula is C15H23FN2O. The number of hydrogen-bond donors (Lipinski definition) is 1. The lowest BCUT2D eigenvalue weighted by Gasteiger charge is -2.46. The number of hydrogen-bond acceptors (Lipinski definition) is 3. The van der Waals surface area contributed by atoms with E-state index in [0.717, 1.165) is 19.5 Å². The molecule has 1 aliphatic heterocycles. The zero-order valence-corrected chi connectivity index (χ0v) is 12.2. The fourth-order valence-corrected chi connectivity index (χ4v) is 2.49. The highest BCUT2D eigenvalue weighted by Gasteiger charge is 2.33. The summed E-state index contributed by atoms with van der Waals surface area (Å²) in [5, 5.41) is 3.55. The molecule has 1 saturated heterocycles. The molecule has 106 valence electrons. The van der Waals surface area contributed by atoms with Crippen molar-refractivity contribution in [3.05, 3.63) is 24.0 Å². The fourth-order valence-electron chi connectivity index (χ4n) is 2.49. The molecule has 19 heavy (non-hydrogen) atoms. The molecule has 2 rings (SSSR count). The van der Waals surface area contributed by atoms with Gasteiger partial charge in [0.2, 0.25) is 0 Å². The zero-order chi connectivity index (χ0) is 14.0. The van der Waals surface area contributed by atoms with Crippen LogP contribution in [0, 0.1) is 5.82 Å². The molecule has 1 aromatic carbocycles. The topological polar surface area (TPSA) is 24.5 Å². The summed E-state index contributed by atoms with van der Waals surface area (Å²) >= 11 is 0. The summed E-state index contributed by atoms with van der Waals surface area (Å²) in [6.07, 6.45) is 1.02. The van der Waals surface area contributed by atoms with Crippen molar-refractivity contribution in [3.63, 3.8) is 0 Å². The van der Waals surface area contributed by atoms with Crippen molar-refractivity contribution in [1.29, 1.82) is 0 Å². The molecule has 0 aromatic heterocycles. The maximum atomic E-state index is 14.1. The van der Waals surface area contributed by atoms with Gasteiger partial charge in [0.05, 0.1) is 12.8 Å². The molecule has 1 aromatic rings. The standard InChI is InChI=1S/C15H23FN2O/c1-5-15(3)10-18(11(2)9-17-15)14-8-12(19-4)6-7-13(14)16/h6-8,11,17H,5,9-10H2,1-4H3. The van der Waals surface area contributed by atoms with Crippen LogP contribution < -0.4 is 15.0 Å². The van der Waals surface area contributed by atoms with Crippen LogP contribution in [-0.4, -0.2) is 31.8 Å². The van der Waals surface area contributed by atoms with Crippen LogP contribution in [0.1, 0.15) is 27.2 Å². The summed E-state index contributed by atoms with van der Waals surface area (Å²) in [5.74, 6) is 0.508. The van der Waals surface area contributed by atoms with Crippen LogP contribution in [-0.2, 0) is 0 Å². The lowest BCUT2D eigenvalue weighted by atomic mass is 9.93. The van der Waals surface area contributed by atoms with Crippen LogP contribution in [0.15, 0.2) is 18.2 Å². The summed E-state index contributed by atoms with van der Waals surface area (Å²) in [4.78, 5) is 2.14. The average molecular weight is 266 g/mol. The van der Waals surface area contributed by atoms with E-state index in [1.54, 1.807) is 19.2 Å². The second-order valence-corrected chi connectivity index (χ2v) is 5.59. The summed E-state index contributed by atoms with van der Waals surface area (Å²) in [6.45, 7) is 8.12. The third-order valence-electron chi connectivity index (χ3n) is 4.12. The number of rotatable bonds is 3. The first-order chi connectivity index (χ1) is 8.99. The molecule has 1 N–H and O–H groups in total. The van der Waals surface area contributed by atoms with Gasteiger partial charge in [0.1, 0.15) is 11.6 Å². The Morgan fingerprint density at radius 3 is 2.89 bits per heavy atom. The largest absolute Gasteiger partial charge is 0.497 e. The Bertz CT molecular complexity index is 452. The van der Waals surface area contributed by atoms with Crippen LogP contribution >= 0.6 is 0 Å². The molecule has 4 heteroatoms. The van der Waals surface area contributed by atoms with E-state index in [1.165, 1.54) is 6.07 Å². The minimum absolute atomic E-state index is 0.0298. The molecule has 0 saturated carbocycles. The Morgan fingerprint density at radius 1 is 1.53 bits per heavy atom. The number of methoxy groups -OCH3 is 1. The molecule has 1 heterocycles. The zero-order valence-electron chi connectivity index (χ0n) is 12.2. The number of halogens is 1. The molecule has 2 unspecified atom stereocenters. The van der Waals surface area contributed by atoms with Crippen molar-refractivity contribution in [2.24, 2.45) is 0 Å². The number of ether oxygens (including phenoxy) is 1. The van der Waals surface area contributed by atoms with E-state index in [9.17, 15) is 4.39 Å². The van der Waals surface area contributed by atoms with Gasteiger partial charge in [-0.15, -0.1) is 0 Å². The van der Waals surface area contributed by atoms with Gasteiger partial charge >= 0.3 is 0 Å². The van der Waals surface area contributed by atoms with Gasteiger partial charge in [-0.25, -0.2) is 4.39 Å². The minimum atomic E-state index is -0.187. The smallest absolute Gasteiger partial charge is 0.146 e. The molecule has 0 radical (unpaired) electrons. The first-order valence-corrected chi connectivity index (χ1v) is 6.84. The molecule has 1 fully saturated rings. The van der Waals surface area contributed by atoms with Gasteiger partial charge in [0.15, 0.2) is 0 Å². The Kier molecular flexibility index (Phi) is 3.99. The molecule has 3 nitrogen and oxygen atoms in total. The second-order valence-electron chi connectivity index (χ2n) is 5.59. The van der Waals surface area contributed by atoms with Crippen molar-refractivity contribution in [3.8, 4) is 5.75 Å². The molecule has 0 amide bonds. The normalized spacial score (nSPS) is 27.4. The summed E-state index contributed by atoms with van der Waals surface area (Å²) in [5.41, 5.74) is 0.662. The van der Waals surface area contributed by atoms with Crippen molar-refractivity contribution in [2.75, 3.05) is 25.1 Å². The molecule has 0 bridgehead atoms. The van der Waals surface area contributed by atoms with Gasteiger partial charge in [-0.05, 0) is 32.4 Å². The quantitative estimate of drug-likeness (QED) is 0.910. The SMILES string of the molecule is CCC1(C)CN(c2cc(OC)ccc2F)C(C)CN1.